The number of benzene rings is 1. The molecule has 1 saturated heterocycles. The van der Waals surface area contributed by atoms with Crippen LogP contribution in [0.2, 0.25) is 0 Å². The first kappa shape index (κ1) is 24.2. The number of carbonyl (C=O) groups excluding carboxylic acids is 2. The number of thiocarbonyl (C=S) groups is 1. The van der Waals surface area contributed by atoms with E-state index in [4.69, 9.17) is 26.4 Å². The predicted octanol–water partition coefficient (Wildman–Crippen LogP) is 4.81. The molecular formula is C22H29NO5S2. The SMILES string of the molecule is CCCOc1ccc(/C=C2\SC(=S)N(CCCCCC(=O)OCC)C2=O)cc1OC. The standard InChI is InChI=1S/C22H29NO5S2/c1-4-13-28-17-11-10-16(14-18(17)26-3)15-19-21(25)23(22(29)30-19)12-8-6-7-9-20(24)27-5-2/h10-11,14-15H,4-9,12-13H2,1-3H3/b19-15-. The lowest BCUT2D eigenvalue weighted by Gasteiger charge is -2.14. The number of methoxy groups -OCH3 is 1. The van der Waals surface area contributed by atoms with Crippen LogP contribution in [-0.4, -0.2) is 48.0 Å². The zero-order chi connectivity index (χ0) is 21.9. The summed E-state index contributed by atoms with van der Waals surface area (Å²) < 4.78 is 16.6. The molecule has 0 spiro atoms. The van der Waals surface area contributed by atoms with Crippen LogP contribution in [0, 0.1) is 0 Å². The number of hydrogen-bond acceptors (Lipinski definition) is 7. The Bertz CT molecular complexity index is 794. The van der Waals surface area contributed by atoms with Gasteiger partial charge in [-0.3, -0.25) is 14.5 Å². The topological polar surface area (TPSA) is 65.1 Å². The molecule has 164 valence electrons. The van der Waals surface area contributed by atoms with Crippen LogP contribution in [0.25, 0.3) is 6.08 Å². The second-order valence-electron chi connectivity index (χ2n) is 6.71. The third-order valence-electron chi connectivity index (χ3n) is 4.39. The monoisotopic (exact) mass is 451 g/mol. The van der Waals surface area contributed by atoms with Crippen LogP contribution < -0.4 is 9.47 Å². The summed E-state index contributed by atoms with van der Waals surface area (Å²) in [7, 11) is 1.60. The third kappa shape index (κ3) is 7.02. The first-order chi connectivity index (χ1) is 14.5. The molecule has 1 amide bonds. The lowest BCUT2D eigenvalue weighted by atomic mass is 10.1. The first-order valence-corrected chi connectivity index (χ1v) is 11.4. The maximum atomic E-state index is 12.8. The maximum Gasteiger partial charge on any atom is 0.305 e. The fourth-order valence-corrected chi connectivity index (χ4v) is 4.21. The van der Waals surface area contributed by atoms with Gasteiger partial charge in [0, 0.05) is 13.0 Å². The van der Waals surface area contributed by atoms with Gasteiger partial charge in [0.25, 0.3) is 5.91 Å². The highest BCUT2D eigenvalue weighted by molar-refractivity contribution is 8.26. The van der Waals surface area contributed by atoms with E-state index in [1.54, 1.807) is 18.9 Å². The number of nitrogens with zero attached hydrogens (tertiary/aromatic N) is 1. The van der Waals surface area contributed by atoms with Crippen molar-refractivity contribution in [1.82, 2.24) is 4.90 Å². The molecule has 1 aliphatic heterocycles. The number of ether oxygens (including phenoxy) is 3. The van der Waals surface area contributed by atoms with Gasteiger partial charge in [0.05, 0.1) is 25.2 Å². The second-order valence-corrected chi connectivity index (χ2v) is 8.38. The van der Waals surface area contributed by atoms with Crippen molar-refractivity contribution in [3.8, 4) is 11.5 Å². The molecule has 0 unspecified atom stereocenters. The molecule has 0 radical (unpaired) electrons. The van der Waals surface area contributed by atoms with E-state index in [2.05, 4.69) is 0 Å². The molecular weight excluding hydrogens is 422 g/mol. The molecule has 0 aromatic heterocycles. The van der Waals surface area contributed by atoms with Gasteiger partial charge >= 0.3 is 5.97 Å². The number of thioether (sulfide) groups is 1. The zero-order valence-corrected chi connectivity index (χ0v) is 19.4. The fourth-order valence-electron chi connectivity index (χ4n) is 2.90. The Balaban J connectivity index is 1.93. The Labute approximate surface area is 187 Å². The van der Waals surface area contributed by atoms with Gasteiger partial charge in [-0.2, -0.15) is 0 Å². The summed E-state index contributed by atoms with van der Waals surface area (Å²) in [5.74, 6) is 1.06. The van der Waals surface area contributed by atoms with Gasteiger partial charge < -0.3 is 14.2 Å². The highest BCUT2D eigenvalue weighted by Gasteiger charge is 2.31. The van der Waals surface area contributed by atoms with Crippen LogP contribution in [0.5, 0.6) is 11.5 Å². The number of carbonyl (C=O) groups is 2. The van der Waals surface area contributed by atoms with Crippen LogP contribution in [0.15, 0.2) is 23.1 Å². The van der Waals surface area contributed by atoms with E-state index < -0.39 is 0 Å². The predicted molar refractivity (Wildman–Crippen MR) is 124 cm³/mol. The van der Waals surface area contributed by atoms with E-state index in [1.807, 2.05) is 31.2 Å². The minimum absolute atomic E-state index is 0.0827. The molecule has 1 aromatic carbocycles. The number of esters is 1. The number of rotatable bonds is 12. The van der Waals surface area contributed by atoms with E-state index in [0.717, 1.165) is 31.2 Å². The van der Waals surface area contributed by atoms with Crippen molar-refractivity contribution in [2.24, 2.45) is 0 Å². The molecule has 2 rings (SSSR count). The molecule has 0 bridgehead atoms. The summed E-state index contributed by atoms with van der Waals surface area (Å²) in [6.07, 6.45) is 5.52. The molecule has 0 saturated carbocycles. The highest BCUT2D eigenvalue weighted by atomic mass is 32.2. The Morgan fingerprint density at radius 3 is 2.70 bits per heavy atom. The first-order valence-electron chi connectivity index (χ1n) is 10.2. The van der Waals surface area contributed by atoms with Gasteiger partial charge in [-0.25, -0.2) is 0 Å². The number of hydrogen-bond donors (Lipinski definition) is 0. The van der Waals surface area contributed by atoms with Crippen molar-refractivity contribution in [2.45, 2.75) is 46.0 Å². The molecule has 6 nitrogen and oxygen atoms in total. The smallest absolute Gasteiger partial charge is 0.305 e. The van der Waals surface area contributed by atoms with Gasteiger partial charge in [0.1, 0.15) is 4.32 Å². The molecule has 30 heavy (non-hydrogen) atoms. The molecule has 1 heterocycles. The summed E-state index contributed by atoms with van der Waals surface area (Å²) in [6, 6.07) is 5.60. The van der Waals surface area contributed by atoms with Crippen molar-refractivity contribution >= 4 is 46.3 Å². The van der Waals surface area contributed by atoms with Gasteiger partial charge in [-0.1, -0.05) is 43.4 Å². The third-order valence-corrected chi connectivity index (χ3v) is 5.77. The maximum absolute atomic E-state index is 12.8. The largest absolute Gasteiger partial charge is 0.493 e. The van der Waals surface area contributed by atoms with E-state index in [-0.39, 0.29) is 11.9 Å². The van der Waals surface area contributed by atoms with Crippen LogP contribution in [0.3, 0.4) is 0 Å². The van der Waals surface area contributed by atoms with Gasteiger partial charge in [0.15, 0.2) is 11.5 Å². The van der Waals surface area contributed by atoms with Crippen LogP contribution in [-0.2, 0) is 14.3 Å². The molecule has 1 aliphatic rings. The number of amides is 1. The van der Waals surface area contributed by atoms with E-state index >= 15 is 0 Å². The molecule has 0 atom stereocenters. The summed E-state index contributed by atoms with van der Waals surface area (Å²) in [5, 5.41) is 0. The van der Waals surface area contributed by atoms with E-state index in [1.165, 1.54) is 11.8 Å². The summed E-state index contributed by atoms with van der Waals surface area (Å²) in [4.78, 5) is 26.4. The normalized spacial score (nSPS) is 15.0. The average Bonchev–Trinajstić information content (AvgIpc) is 2.99. The Morgan fingerprint density at radius 1 is 1.20 bits per heavy atom. The van der Waals surface area contributed by atoms with Gasteiger partial charge in [-0.15, -0.1) is 0 Å². The minimum atomic E-state index is -0.174. The van der Waals surface area contributed by atoms with Crippen molar-refractivity contribution < 1.29 is 23.8 Å². The Kier molecular flexibility index (Phi) is 10.2. The highest BCUT2D eigenvalue weighted by Crippen LogP contribution is 2.35. The summed E-state index contributed by atoms with van der Waals surface area (Å²) in [6.45, 7) is 5.42. The number of unbranched alkanes of at least 4 members (excludes halogenated alkanes) is 2. The summed E-state index contributed by atoms with van der Waals surface area (Å²) >= 11 is 6.70. The van der Waals surface area contributed by atoms with Crippen molar-refractivity contribution in [3.63, 3.8) is 0 Å². The fraction of sp³-hybridized carbons (Fsp3) is 0.500. The minimum Gasteiger partial charge on any atom is -0.493 e. The van der Waals surface area contributed by atoms with Gasteiger partial charge in [-0.05, 0) is 50.0 Å². The van der Waals surface area contributed by atoms with Crippen molar-refractivity contribution in [3.05, 3.63) is 28.7 Å². The zero-order valence-electron chi connectivity index (χ0n) is 17.8. The molecule has 1 fully saturated rings. The Morgan fingerprint density at radius 2 is 2.00 bits per heavy atom. The quantitative estimate of drug-likeness (QED) is 0.196. The molecule has 8 heteroatoms. The van der Waals surface area contributed by atoms with Crippen LogP contribution >= 0.6 is 24.0 Å². The van der Waals surface area contributed by atoms with Crippen LogP contribution in [0.1, 0.15) is 51.5 Å². The average molecular weight is 452 g/mol. The van der Waals surface area contributed by atoms with Crippen molar-refractivity contribution in [2.75, 3.05) is 26.9 Å². The van der Waals surface area contributed by atoms with Crippen molar-refractivity contribution in [1.29, 1.82) is 0 Å². The molecule has 0 aliphatic carbocycles. The lowest BCUT2D eigenvalue weighted by molar-refractivity contribution is -0.143. The summed E-state index contributed by atoms with van der Waals surface area (Å²) in [5.41, 5.74) is 0.852. The lowest BCUT2D eigenvalue weighted by Crippen LogP contribution is -2.29. The molecule has 1 aromatic rings. The van der Waals surface area contributed by atoms with Gasteiger partial charge in [0.2, 0.25) is 0 Å². The van der Waals surface area contributed by atoms with Crippen LogP contribution in [0.4, 0.5) is 0 Å². The van der Waals surface area contributed by atoms with E-state index in [0.29, 0.717) is 46.9 Å². The van der Waals surface area contributed by atoms with E-state index in [9.17, 15) is 9.59 Å². The molecule has 0 N–H and O–H groups in total. The Hall–Kier alpha value is -2.06. The second kappa shape index (κ2) is 12.6.